The van der Waals surface area contributed by atoms with Gasteiger partial charge >= 0.3 is 0 Å². The highest BCUT2D eigenvalue weighted by molar-refractivity contribution is 6.31. The molecule has 1 aromatic rings. The van der Waals surface area contributed by atoms with E-state index in [-0.39, 0.29) is 5.91 Å². The van der Waals surface area contributed by atoms with Crippen molar-refractivity contribution in [2.24, 2.45) is 5.92 Å². The monoisotopic (exact) mass is 340 g/mol. The van der Waals surface area contributed by atoms with Crippen LogP contribution in [0.5, 0.6) is 5.75 Å². The molecule has 1 fully saturated rings. The zero-order valence-corrected chi connectivity index (χ0v) is 14.3. The van der Waals surface area contributed by atoms with Crippen LogP contribution in [0, 0.1) is 5.92 Å². The lowest BCUT2D eigenvalue weighted by atomic mass is 10.0. The smallest absolute Gasteiger partial charge is 0.224 e. The molecule has 5 nitrogen and oxygen atoms in total. The van der Waals surface area contributed by atoms with Gasteiger partial charge in [-0.05, 0) is 57.0 Å². The minimum Gasteiger partial charge on any atom is -0.489 e. The summed E-state index contributed by atoms with van der Waals surface area (Å²) in [6.45, 7) is 5.61. The molecule has 6 heteroatoms. The first kappa shape index (κ1) is 18.0. The summed E-state index contributed by atoms with van der Waals surface area (Å²) in [7, 11) is 0. The van der Waals surface area contributed by atoms with Gasteiger partial charge in [0.1, 0.15) is 12.4 Å². The summed E-state index contributed by atoms with van der Waals surface area (Å²) in [5, 5.41) is 6.79. The Morgan fingerprint density at radius 3 is 3.04 bits per heavy atom. The normalized spacial score (nSPS) is 17.2. The first-order chi connectivity index (χ1) is 11.2. The topological polar surface area (TPSA) is 59.6 Å². The van der Waals surface area contributed by atoms with Crippen molar-refractivity contribution in [3.63, 3.8) is 0 Å². The predicted octanol–water partition coefficient (Wildman–Crippen LogP) is 3.08. The fourth-order valence-electron chi connectivity index (χ4n) is 2.59. The lowest BCUT2D eigenvalue weighted by molar-refractivity contribution is -0.116. The van der Waals surface area contributed by atoms with E-state index in [1.165, 1.54) is 0 Å². The molecule has 1 aliphatic heterocycles. The van der Waals surface area contributed by atoms with Crippen LogP contribution in [0.25, 0.3) is 0 Å². The number of nitrogens with one attached hydrogen (secondary N) is 2. The molecule has 1 atom stereocenters. The number of halogens is 1. The number of rotatable bonds is 9. The van der Waals surface area contributed by atoms with E-state index < -0.39 is 0 Å². The van der Waals surface area contributed by atoms with Gasteiger partial charge in [0, 0.05) is 18.1 Å². The highest BCUT2D eigenvalue weighted by Gasteiger charge is 2.16. The number of hydrogen-bond donors (Lipinski definition) is 2. The molecule has 2 N–H and O–H groups in total. The zero-order chi connectivity index (χ0) is 16.5. The molecular formula is C17H25ClN2O3. The molecule has 1 aromatic carbocycles. The lowest BCUT2D eigenvalue weighted by Gasteiger charge is -2.14. The Balaban J connectivity index is 1.86. The maximum absolute atomic E-state index is 12.2. The second-order valence-corrected chi connectivity index (χ2v) is 6.07. The SMILES string of the molecule is CCOCCOc1ccc(Cl)cc1NC(=O)CCC1CCNC1. The van der Waals surface area contributed by atoms with E-state index >= 15 is 0 Å². The van der Waals surface area contributed by atoms with Crippen molar-refractivity contribution in [3.05, 3.63) is 23.2 Å². The van der Waals surface area contributed by atoms with Gasteiger partial charge in [-0.2, -0.15) is 0 Å². The molecular weight excluding hydrogens is 316 g/mol. The van der Waals surface area contributed by atoms with E-state index in [0.717, 1.165) is 25.9 Å². The highest BCUT2D eigenvalue weighted by Crippen LogP contribution is 2.28. The van der Waals surface area contributed by atoms with E-state index in [1.807, 2.05) is 6.92 Å². The van der Waals surface area contributed by atoms with Crippen LogP contribution in [-0.4, -0.2) is 38.8 Å². The summed E-state index contributed by atoms with van der Waals surface area (Å²) in [5.41, 5.74) is 0.614. The lowest BCUT2D eigenvalue weighted by Crippen LogP contribution is -2.16. The quantitative estimate of drug-likeness (QED) is 0.678. The second kappa shape index (κ2) is 9.75. The van der Waals surface area contributed by atoms with E-state index in [9.17, 15) is 4.79 Å². The van der Waals surface area contributed by atoms with Crippen LogP contribution >= 0.6 is 11.6 Å². The van der Waals surface area contributed by atoms with Crippen LogP contribution in [0.4, 0.5) is 5.69 Å². The Hall–Kier alpha value is -1.30. The predicted molar refractivity (Wildman–Crippen MR) is 92.3 cm³/mol. The number of ether oxygens (including phenoxy) is 2. The van der Waals surface area contributed by atoms with Crippen molar-refractivity contribution in [2.45, 2.75) is 26.2 Å². The van der Waals surface area contributed by atoms with Crippen molar-refractivity contribution in [1.29, 1.82) is 0 Å². The van der Waals surface area contributed by atoms with Crippen LogP contribution < -0.4 is 15.4 Å². The molecule has 1 unspecified atom stereocenters. The molecule has 0 spiro atoms. The van der Waals surface area contributed by atoms with Crippen molar-refractivity contribution < 1.29 is 14.3 Å². The molecule has 1 amide bonds. The fourth-order valence-corrected chi connectivity index (χ4v) is 2.76. The summed E-state index contributed by atoms with van der Waals surface area (Å²) in [6.07, 6.45) is 2.56. The van der Waals surface area contributed by atoms with Gasteiger partial charge in [-0.15, -0.1) is 0 Å². The largest absolute Gasteiger partial charge is 0.489 e. The maximum Gasteiger partial charge on any atom is 0.224 e. The Bertz CT molecular complexity index is 505. The number of benzene rings is 1. The first-order valence-electron chi connectivity index (χ1n) is 8.19. The molecule has 128 valence electrons. The molecule has 1 aliphatic rings. The van der Waals surface area contributed by atoms with Gasteiger partial charge in [0.25, 0.3) is 0 Å². The van der Waals surface area contributed by atoms with Crippen LogP contribution in [0.2, 0.25) is 5.02 Å². The minimum absolute atomic E-state index is 0.00572. The van der Waals surface area contributed by atoms with Gasteiger partial charge in [0.2, 0.25) is 5.91 Å². The molecule has 0 aliphatic carbocycles. The Morgan fingerprint density at radius 2 is 2.30 bits per heavy atom. The Morgan fingerprint density at radius 1 is 1.43 bits per heavy atom. The highest BCUT2D eigenvalue weighted by atomic mass is 35.5. The molecule has 0 aromatic heterocycles. The van der Waals surface area contributed by atoms with Gasteiger partial charge in [-0.25, -0.2) is 0 Å². The Labute approximate surface area is 142 Å². The third-order valence-corrected chi connectivity index (χ3v) is 4.08. The molecule has 0 saturated carbocycles. The maximum atomic E-state index is 12.2. The average molecular weight is 341 g/mol. The van der Waals surface area contributed by atoms with Gasteiger partial charge in [-0.3, -0.25) is 4.79 Å². The average Bonchev–Trinajstić information content (AvgIpc) is 3.05. The molecule has 1 saturated heterocycles. The number of hydrogen-bond acceptors (Lipinski definition) is 4. The molecule has 1 heterocycles. The Kier molecular flexibility index (Phi) is 7.65. The summed E-state index contributed by atoms with van der Waals surface area (Å²) in [5.74, 6) is 1.21. The van der Waals surface area contributed by atoms with E-state index in [0.29, 0.717) is 48.6 Å². The molecule has 0 radical (unpaired) electrons. The summed E-state index contributed by atoms with van der Waals surface area (Å²) in [6, 6.07) is 5.23. The number of anilines is 1. The van der Waals surface area contributed by atoms with Crippen LogP contribution in [0.1, 0.15) is 26.2 Å². The van der Waals surface area contributed by atoms with Crippen molar-refractivity contribution in [3.8, 4) is 5.75 Å². The number of carbonyl (C=O) groups excluding carboxylic acids is 1. The van der Waals surface area contributed by atoms with Crippen LogP contribution in [0.3, 0.4) is 0 Å². The van der Waals surface area contributed by atoms with Gasteiger partial charge in [0.05, 0.1) is 12.3 Å². The van der Waals surface area contributed by atoms with Gasteiger partial charge < -0.3 is 20.1 Å². The van der Waals surface area contributed by atoms with Gasteiger partial charge in [-0.1, -0.05) is 11.6 Å². The number of carbonyl (C=O) groups is 1. The van der Waals surface area contributed by atoms with Crippen LogP contribution in [-0.2, 0) is 9.53 Å². The molecule has 2 rings (SSSR count). The molecule has 23 heavy (non-hydrogen) atoms. The van der Waals surface area contributed by atoms with E-state index in [1.54, 1.807) is 18.2 Å². The number of amides is 1. The second-order valence-electron chi connectivity index (χ2n) is 5.63. The summed E-state index contributed by atoms with van der Waals surface area (Å²) in [4.78, 5) is 12.2. The third-order valence-electron chi connectivity index (χ3n) is 3.85. The van der Waals surface area contributed by atoms with E-state index in [4.69, 9.17) is 21.1 Å². The summed E-state index contributed by atoms with van der Waals surface area (Å²) < 4.78 is 10.9. The first-order valence-corrected chi connectivity index (χ1v) is 8.57. The third kappa shape index (κ3) is 6.37. The van der Waals surface area contributed by atoms with Gasteiger partial charge in [0.15, 0.2) is 0 Å². The molecule has 0 bridgehead atoms. The summed E-state index contributed by atoms with van der Waals surface area (Å²) >= 11 is 6.02. The van der Waals surface area contributed by atoms with E-state index in [2.05, 4.69) is 10.6 Å². The van der Waals surface area contributed by atoms with Crippen molar-refractivity contribution in [2.75, 3.05) is 38.2 Å². The standard InChI is InChI=1S/C17H25ClN2O3/c1-2-22-9-10-23-16-5-4-14(18)11-15(16)20-17(21)6-3-13-7-8-19-12-13/h4-5,11,13,19H,2-3,6-10,12H2,1H3,(H,20,21). The van der Waals surface area contributed by atoms with Crippen molar-refractivity contribution in [1.82, 2.24) is 5.32 Å². The van der Waals surface area contributed by atoms with Crippen molar-refractivity contribution >= 4 is 23.2 Å². The zero-order valence-electron chi connectivity index (χ0n) is 13.6. The van der Waals surface area contributed by atoms with Crippen LogP contribution in [0.15, 0.2) is 18.2 Å². The fraction of sp³-hybridized carbons (Fsp3) is 0.588. The minimum atomic E-state index is -0.00572.